The Balaban J connectivity index is 2.28. The zero-order valence-electron chi connectivity index (χ0n) is 13.9. The first kappa shape index (κ1) is 17.3. The fraction of sp³-hybridized carbons (Fsp3) is 0.938. The van der Waals surface area contributed by atoms with Gasteiger partial charge in [0.05, 0.1) is 6.54 Å². The monoisotopic (exact) mass is 284 g/mol. The van der Waals surface area contributed by atoms with E-state index in [0.29, 0.717) is 11.8 Å². The molecular weight excluding hydrogens is 252 g/mol. The van der Waals surface area contributed by atoms with E-state index in [1.54, 1.807) is 0 Å². The Morgan fingerprint density at radius 3 is 2.70 bits per heavy atom. The lowest BCUT2D eigenvalue weighted by molar-refractivity contribution is 0.109. The standard InChI is InChI=1S/C16H32N2O2/c1-6-14(4)10-17(5)11-15-12-18(16(19)20-15)9-7-8-13(2)3/h13-15H,6-12H2,1-5H3/t14?,15-/m1/s1. The first-order valence-corrected chi connectivity index (χ1v) is 8.06. The number of carbonyl (C=O) groups is 1. The van der Waals surface area contributed by atoms with Crippen molar-refractivity contribution in [2.45, 2.75) is 53.1 Å². The maximum Gasteiger partial charge on any atom is 0.410 e. The van der Waals surface area contributed by atoms with Crippen LogP contribution in [0.1, 0.15) is 47.0 Å². The van der Waals surface area contributed by atoms with Crippen LogP contribution in [-0.2, 0) is 4.74 Å². The molecule has 1 amide bonds. The highest BCUT2D eigenvalue weighted by Gasteiger charge is 2.31. The van der Waals surface area contributed by atoms with Crippen molar-refractivity contribution < 1.29 is 9.53 Å². The summed E-state index contributed by atoms with van der Waals surface area (Å²) in [5.41, 5.74) is 0. The van der Waals surface area contributed by atoms with Crippen molar-refractivity contribution in [1.29, 1.82) is 0 Å². The van der Waals surface area contributed by atoms with Gasteiger partial charge in [-0.15, -0.1) is 0 Å². The van der Waals surface area contributed by atoms with Gasteiger partial charge in [0.25, 0.3) is 0 Å². The van der Waals surface area contributed by atoms with E-state index in [9.17, 15) is 4.79 Å². The molecule has 1 heterocycles. The quantitative estimate of drug-likeness (QED) is 0.652. The Morgan fingerprint density at radius 2 is 2.10 bits per heavy atom. The highest BCUT2D eigenvalue weighted by Crippen LogP contribution is 2.15. The molecule has 1 aliphatic rings. The molecule has 1 fully saturated rings. The van der Waals surface area contributed by atoms with Gasteiger partial charge in [0, 0.05) is 19.6 Å². The average Bonchev–Trinajstić information content (AvgIpc) is 2.68. The van der Waals surface area contributed by atoms with E-state index in [4.69, 9.17) is 4.74 Å². The van der Waals surface area contributed by atoms with Crippen LogP contribution in [0.25, 0.3) is 0 Å². The lowest BCUT2D eigenvalue weighted by Crippen LogP contribution is -2.35. The van der Waals surface area contributed by atoms with Crippen molar-refractivity contribution in [3.05, 3.63) is 0 Å². The van der Waals surface area contributed by atoms with Crippen LogP contribution in [0.15, 0.2) is 0 Å². The summed E-state index contributed by atoms with van der Waals surface area (Å²) < 4.78 is 5.46. The highest BCUT2D eigenvalue weighted by atomic mass is 16.6. The third-order valence-corrected chi connectivity index (χ3v) is 3.99. The zero-order valence-corrected chi connectivity index (χ0v) is 13.9. The Kier molecular flexibility index (Phi) is 7.35. The Hall–Kier alpha value is -0.770. The molecule has 0 bridgehead atoms. The van der Waals surface area contributed by atoms with Crippen LogP contribution >= 0.6 is 0 Å². The topological polar surface area (TPSA) is 32.8 Å². The number of nitrogens with zero attached hydrogens (tertiary/aromatic N) is 2. The van der Waals surface area contributed by atoms with Gasteiger partial charge in [-0.3, -0.25) is 0 Å². The summed E-state index contributed by atoms with van der Waals surface area (Å²) in [5, 5.41) is 0. The fourth-order valence-corrected chi connectivity index (χ4v) is 2.63. The predicted molar refractivity (Wildman–Crippen MR) is 82.9 cm³/mol. The van der Waals surface area contributed by atoms with Gasteiger partial charge in [-0.25, -0.2) is 4.79 Å². The molecule has 118 valence electrons. The van der Waals surface area contributed by atoms with E-state index >= 15 is 0 Å². The van der Waals surface area contributed by atoms with Crippen molar-refractivity contribution in [2.24, 2.45) is 11.8 Å². The molecule has 4 nitrogen and oxygen atoms in total. The molecule has 0 spiro atoms. The molecule has 0 saturated carbocycles. The van der Waals surface area contributed by atoms with Gasteiger partial charge in [-0.05, 0) is 31.7 Å². The summed E-state index contributed by atoms with van der Waals surface area (Å²) in [5.74, 6) is 1.39. The third-order valence-electron chi connectivity index (χ3n) is 3.99. The lowest BCUT2D eigenvalue weighted by Gasteiger charge is -2.22. The molecule has 1 unspecified atom stereocenters. The second-order valence-electron chi connectivity index (χ2n) is 6.72. The molecule has 1 rings (SSSR count). The molecule has 4 heteroatoms. The normalized spacial score (nSPS) is 20.9. The second-order valence-corrected chi connectivity index (χ2v) is 6.72. The zero-order chi connectivity index (χ0) is 15.1. The molecular formula is C16H32N2O2. The molecule has 1 aliphatic heterocycles. The smallest absolute Gasteiger partial charge is 0.410 e. The minimum atomic E-state index is -0.129. The number of rotatable bonds is 9. The number of likely N-dealkylation sites (N-methyl/N-ethyl adjacent to an activating group) is 1. The van der Waals surface area contributed by atoms with E-state index in [-0.39, 0.29) is 12.2 Å². The summed E-state index contributed by atoms with van der Waals surface area (Å²) >= 11 is 0. The van der Waals surface area contributed by atoms with Crippen LogP contribution in [0.2, 0.25) is 0 Å². The van der Waals surface area contributed by atoms with Crippen molar-refractivity contribution in [3.63, 3.8) is 0 Å². The molecule has 0 radical (unpaired) electrons. The lowest BCUT2D eigenvalue weighted by atomic mass is 10.1. The van der Waals surface area contributed by atoms with Gasteiger partial charge >= 0.3 is 6.09 Å². The van der Waals surface area contributed by atoms with E-state index in [0.717, 1.165) is 32.6 Å². The maximum absolute atomic E-state index is 11.8. The fourth-order valence-electron chi connectivity index (χ4n) is 2.63. The van der Waals surface area contributed by atoms with Crippen molar-refractivity contribution >= 4 is 6.09 Å². The summed E-state index contributed by atoms with van der Waals surface area (Å²) in [6.45, 7) is 12.4. The Bertz CT molecular complexity index is 294. The van der Waals surface area contributed by atoms with E-state index < -0.39 is 0 Å². The Morgan fingerprint density at radius 1 is 1.40 bits per heavy atom. The molecule has 0 N–H and O–H groups in total. The van der Waals surface area contributed by atoms with Crippen LogP contribution in [0.5, 0.6) is 0 Å². The average molecular weight is 284 g/mol. The van der Waals surface area contributed by atoms with E-state index in [1.165, 1.54) is 12.8 Å². The van der Waals surface area contributed by atoms with Crippen LogP contribution in [0, 0.1) is 11.8 Å². The molecule has 0 aromatic rings. The number of cyclic esters (lactones) is 1. The third kappa shape index (κ3) is 6.12. The van der Waals surface area contributed by atoms with Crippen molar-refractivity contribution in [3.8, 4) is 0 Å². The minimum absolute atomic E-state index is 0.0376. The van der Waals surface area contributed by atoms with Crippen LogP contribution < -0.4 is 0 Å². The molecule has 0 aliphatic carbocycles. The van der Waals surface area contributed by atoms with Crippen molar-refractivity contribution in [2.75, 3.05) is 33.2 Å². The predicted octanol–water partition coefficient (Wildman–Crippen LogP) is 3.22. The summed E-state index contributed by atoms with van der Waals surface area (Å²) in [7, 11) is 2.11. The second kappa shape index (κ2) is 8.50. The van der Waals surface area contributed by atoms with E-state index in [2.05, 4.69) is 39.6 Å². The van der Waals surface area contributed by atoms with Crippen LogP contribution in [0.3, 0.4) is 0 Å². The highest BCUT2D eigenvalue weighted by molar-refractivity contribution is 5.69. The molecule has 1 saturated heterocycles. The first-order valence-electron chi connectivity index (χ1n) is 8.06. The number of hydrogen-bond donors (Lipinski definition) is 0. The number of carbonyl (C=O) groups excluding carboxylic acids is 1. The van der Waals surface area contributed by atoms with Gasteiger partial charge in [0.15, 0.2) is 0 Å². The van der Waals surface area contributed by atoms with Crippen molar-refractivity contribution in [1.82, 2.24) is 9.80 Å². The summed E-state index contributed by atoms with van der Waals surface area (Å²) in [6, 6.07) is 0. The summed E-state index contributed by atoms with van der Waals surface area (Å²) in [4.78, 5) is 16.0. The molecule has 0 aromatic heterocycles. The molecule has 20 heavy (non-hydrogen) atoms. The minimum Gasteiger partial charge on any atom is -0.443 e. The van der Waals surface area contributed by atoms with E-state index in [1.807, 2.05) is 4.90 Å². The number of hydrogen-bond acceptors (Lipinski definition) is 3. The van der Waals surface area contributed by atoms with Crippen LogP contribution in [0.4, 0.5) is 4.79 Å². The molecule has 0 aromatic carbocycles. The molecule has 2 atom stereocenters. The summed E-state index contributed by atoms with van der Waals surface area (Å²) in [6.07, 6.45) is 3.34. The van der Waals surface area contributed by atoms with Gasteiger partial charge in [0.2, 0.25) is 0 Å². The van der Waals surface area contributed by atoms with Gasteiger partial charge in [-0.1, -0.05) is 34.1 Å². The maximum atomic E-state index is 11.8. The van der Waals surface area contributed by atoms with Gasteiger partial charge in [0.1, 0.15) is 6.10 Å². The van der Waals surface area contributed by atoms with Crippen LogP contribution in [-0.4, -0.2) is 55.2 Å². The van der Waals surface area contributed by atoms with Gasteiger partial charge < -0.3 is 14.5 Å². The largest absolute Gasteiger partial charge is 0.443 e. The Labute approximate surface area is 124 Å². The van der Waals surface area contributed by atoms with Gasteiger partial charge in [-0.2, -0.15) is 0 Å². The number of amides is 1. The number of ether oxygens (including phenoxy) is 1. The first-order chi connectivity index (χ1) is 9.42. The SMILES string of the molecule is CCC(C)CN(C)C[C@@H]1CN(CCCC(C)C)C(=O)O1.